The zero-order valence-electron chi connectivity index (χ0n) is 15.6. The van der Waals surface area contributed by atoms with Crippen LogP contribution in [0.5, 0.6) is 0 Å². The SMILES string of the molecule is CCC(=O)N(C)c1ccc(-c2ccc(C(=O)Cc3ncco3)cn2)cc1C. The van der Waals surface area contributed by atoms with Crippen LogP contribution in [0, 0.1) is 6.92 Å². The van der Waals surface area contributed by atoms with Crippen molar-refractivity contribution in [2.75, 3.05) is 11.9 Å². The topological polar surface area (TPSA) is 76.3 Å². The Morgan fingerprint density at radius 3 is 2.56 bits per heavy atom. The molecule has 0 saturated carbocycles. The summed E-state index contributed by atoms with van der Waals surface area (Å²) in [5, 5.41) is 0. The van der Waals surface area contributed by atoms with Crippen LogP contribution in [0.4, 0.5) is 5.69 Å². The number of nitrogens with zero attached hydrogens (tertiary/aromatic N) is 3. The number of anilines is 1. The van der Waals surface area contributed by atoms with Crippen molar-refractivity contribution < 1.29 is 14.0 Å². The van der Waals surface area contributed by atoms with Gasteiger partial charge in [-0.1, -0.05) is 13.0 Å². The average molecular weight is 363 g/mol. The van der Waals surface area contributed by atoms with Crippen LogP contribution < -0.4 is 4.90 Å². The zero-order chi connectivity index (χ0) is 19.4. The lowest BCUT2D eigenvalue weighted by Gasteiger charge is -2.19. The van der Waals surface area contributed by atoms with E-state index in [4.69, 9.17) is 4.42 Å². The van der Waals surface area contributed by atoms with Gasteiger partial charge in [-0.05, 0) is 36.8 Å². The molecule has 0 bridgehead atoms. The number of carbonyl (C=O) groups excluding carboxylic acids is 2. The highest BCUT2D eigenvalue weighted by Gasteiger charge is 2.13. The fraction of sp³-hybridized carbons (Fsp3) is 0.238. The van der Waals surface area contributed by atoms with Gasteiger partial charge in [0.25, 0.3) is 0 Å². The standard InChI is InChI=1S/C21H21N3O3/c1-4-21(26)24(3)18-8-6-15(11-14(18)2)17-7-5-16(13-23-17)19(25)12-20-22-9-10-27-20/h5-11,13H,4,12H2,1-3H3. The van der Waals surface area contributed by atoms with Gasteiger partial charge in [0, 0.05) is 36.5 Å². The molecule has 0 spiro atoms. The van der Waals surface area contributed by atoms with Crippen LogP contribution in [0.15, 0.2) is 53.4 Å². The molecule has 1 amide bonds. The maximum absolute atomic E-state index is 12.2. The number of oxazole rings is 1. The highest BCUT2D eigenvalue weighted by Crippen LogP contribution is 2.26. The molecule has 2 aromatic heterocycles. The summed E-state index contributed by atoms with van der Waals surface area (Å²) in [4.78, 5) is 34.2. The maximum Gasteiger partial charge on any atom is 0.226 e. The Labute approximate surface area is 157 Å². The molecule has 3 aromatic rings. The van der Waals surface area contributed by atoms with Crippen molar-refractivity contribution in [3.63, 3.8) is 0 Å². The fourth-order valence-corrected chi connectivity index (χ4v) is 2.87. The summed E-state index contributed by atoms with van der Waals surface area (Å²) in [6.45, 7) is 3.81. The lowest BCUT2D eigenvalue weighted by molar-refractivity contribution is -0.118. The Morgan fingerprint density at radius 2 is 1.96 bits per heavy atom. The largest absolute Gasteiger partial charge is 0.449 e. The first-order chi connectivity index (χ1) is 13.0. The third kappa shape index (κ3) is 4.11. The van der Waals surface area contributed by atoms with Crippen molar-refractivity contribution in [1.29, 1.82) is 0 Å². The van der Waals surface area contributed by atoms with Gasteiger partial charge in [0.05, 0.1) is 18.3 Å². The Kier molecular flexibility index (Phi) is 5.45. The van der Waals surface area contributed by atoms with Gasteiger partial charge in [-0.3, -0.25) is 14.6 Å². The van der Waals surface area contributed by atoms with E-state index in [9.17, 15) is 9.59 Å². The van der Waals surface area contributed by atoms with Gasteiger partial charge >= 0.3 is 0 Å². The second-order valence-electron chi connectivity index (χ2n) is 6.27. The number of Topliss-reactive ketones (excluding diaryl/α,β-unsaturated/α-hetero) is 1. The summed E-state index contributed by atoms with van der Waals surface area (Å²) in [6, 6.07) is 9.41. The van der Waals surface area contributed by atoms with Crippen LogP contribution in [-0.2, 0) is 11.2 Å². The number of ketones is 1. The highest BCUT2D eigenvalue weighted by atomic mass is 16.3. The van der Waals surface area contributed by atoms with Crippen molar-refractivity contribution >= 4 is 17.4 Å². The van der Waals surface area contributed by atoms with Gasteiger partial charge in [0.2, 0.25) is 11.8 Å². The number of pyridine rings is 1. The number of amides is 1. The maximum atomic E-state index is 12.2. The van der Waals surface area contributed by atoms with Crippen LogP contribution in [0.25, 0.3) is 11.3 Å². The van der Waals surface area contributed by atoms with Gasteiger partial charge in [0.15, 0.2) is 5.78 Å². The first kappa shape index (κ1) is 18.5. The molecule has 0 aliphatic rings. The van der Waals surface area contributed by atoms with Crippen molar-refractivity contribution in [3.8, 4) is 11.3 Å². The van der Waals surface area contributed by atoms with Gasteiger partial charge in [-0.25, -0.2) is 4.98 Å². The molecule has 0 aliphatic heterocycles. The minimum absolute atomic E-state index is 0.0675. The average Bonchev–Trinajstić information content (AvgIpc) is 3.19. The normalized spacial score (nSPS) is 10.6. The molecular formula is C21H21N3O3. The van der Waals surface area contributed by atoms with E-state index in [0.29, 0.717) is 17.9 Å². The third-order valence-corrected chi connectivity index (χ3v) is 4.41. The second-order valence-corrected chi connectivity index (χ2v) is 6.27. The quantitative estimate of drug-likeness (QED) is 0.622. The first-order valence-corrected chi connectivity index (χ1v) is 8.74. The molecule has 0 N–H and O–H groups in total. The number of hydrogen-bond donors (Lipinski definition) is 0. The van der Waals surface area contributed by atoms with Crippen molar-refractivity contribution in [3.05, 3.63) is 66.0 Å². The monoisotopic (exact) mass is 363 g/mol. The van der Waals surface area contributed by atoms with E-state index in [1.165, 1.54) is 12.5 Å². The molecule has 6 heteroatoms. The smallest absolute Gasteiger partial charge is 0.226 e. The lowest BCUT2D eigenvalue weighted by atomic mass is 10.0. The Hall–Kier alpha value is -3.28. The van der Waals surface area contributed by atoms with Crippen LogP contribution in [0.2, 0.25) is 0 Å². The van der Waals surface area contributed by atoms with Gasteiger partial charge < -0.3 is 9.32 Å². The molecule has 0 fully saturated rings. The number of carbonyl (C=O) groups is 2. The molecule has 3 rings (SSSR count). The predicted molar refractivity (Wildman–Crippen MR) is 103 cm³/mol. The molecule has 0 saturated heterocycles. The van der Waals surface area contributed by atoms with Crippen LogP contribution >= 0.6 is 0 Å². The fourth-order valence-electron chi connectivity index (χ4n) is 2.87. The molecule has 0 radical (unpaired) electrons. The van der Waals surface area contributed by atoms with E-state index in [2.05, 4.69) is 9.97 Å². The third-order valence-electron chi connectivity index (χ3n) is 4.41. The summed E-state index contributed by atoms with van der Waals surface area (Å²) in [6.07, 6.45) is 5.10. The van der Waals surface area contributed by atoms with Gasteiger partial charge in [-0.2, -0.15) is 0 Å². The van der Waals surface area contributed by atoms with Crippen LogP contribution in [0.3, 0.4) is 0 Å². The van der Waals surface area contributed by atoms with Crippen molar-refractivity contribution in [1.82, 2.24) is 9.97 Å². The Morgan fingerprint density at radius 1 is 1.15 bits per heavy atom. The summed E-state index contributed by atoms with van der Waals surface area (Å²) in [5.41, 5.74) is 4.08. The van der Waals surface area contributed by atoms with E-state index >= 15 is 0 Å². The zero-order valence-corrected chi connectivity index (χ0v) is 15.6. The van der Waals surface area contributed by atoms with Gasteiger partial charge in [-0.15, -0.1) is 0 Å². The highest BCUT2D eigenvalue weighted by molar-refractivity contribution is 5.97. The van der Waals surface area contributed by atoms with E-state index in [0.717, 1.165) is 22.5 Å². The van der Waals surface area contributed by atoms with Crippen LogP contribution in [-0.4, -0.2) is 28.7 Å². The van der Waals surface area contributed by atoms with Gasteiger partial charge in [0.1, 0.15) is 6.26 Å². The molecular weight excluding hydrogens is 342 g/mol. The van der Waals surface area contributed by atoms with E-state index in [-0.39, 0.29) is 18.1 Å². The molecule has 1 aromatic carbocycles. The summed E-state index contributed by atoms with van der Waals surface area (Å²) >= 11 is 0. The number of aromatic nitrogens is 2. The van der Waals surface area contributed by atoms with E-state index in [1.807, 2.05) is 38.1 Å². The van der Waals surface area contributed by atoms with Crippen molar-refractivity contribution in [2.45, 2.75) is 26.7 Å². The number of hydrogen-bond acceptors (Lipinski definition) is 5. The van der Waals surface area contributed by atoms with Crippen molar-refractivity contribution in [2.24, 2.45) is 0 Å². The molecule has 27 heavy (non-hydrogen) atoms. The molecule has 0 aliphatic carbocycles. The van der Waals surface area contributed by atoms with Crippen LogP contribution in [0.1, 0.15) is 35.2 Å². The number of rotatable bonds is 6. The van der Waals surface area contributed by atoms with E-state index < -0.39 is 0 Å². The second kappa shape index (κ2) is 7.95. The number of aryl methyl sites for hydroxylation is 1. The minimum atomic E-state index is -0.0947. The summed E-state index contributed by atoms with van der Waals surface area (Å²) in [7, 11) is 1.78. The minimum Gasteiger partial charge on any atom is -0.449 e. The molecule has 138 valence electrons. The predicted octanol–water partition coefficient (Wildman–Crippen LogP) is 3.84. The Balaban J connectivity index is 1.78. The molecule has 2 heterocycles. The lowest BCUT2D eigenvalue weighted by Crippen LogP contribution is -2.25. The Bertz CT molecular complexity index is 947. The molecule has 0 unspecified atom stereocenters. The summed E-state index contributed by atoms with van der Waals surface area (Å²) in [5.74, 6) is 0.363. The first-order valence-electron chi connectivity index (χ1n) is 8.74. The molecule has 6 nitrogen and oxygen atoms in total. The van der Waals surface area contributed by atoms with E-state index in [1.54, 1.807) is 24.2 Å². The number of benzene rings is 1. The molecule has 0 atom stereocenters. The summed E-state index contributed by atoms with van der Waals surface area (Å²) < 4.78 is 5.11.